The van der Waals surface area contributed by atoms with Gasteiger partial charge in [-0.1, -0.05) is 31.5 Å². The topological polar surface area (TPSA) is 81.7 Å². The second-order valence-electron chi connectivity index (χ2n) is 9.01. The fourth-order valence-electron chi connectivity index (χ4n) is 5.25. The minimum atomic E-state index is -0.969. The average molecular weight is 540 g/mol. The minimum absolute atomic E-state index is 0.193. The standard InChI is InChI=1S/C29H33NO5S2/c1-5-9-20-26(29(33)35-7-3)23(17-11-13-18(36-4)14-12-17)25-21(30-20)16-19(22-10-8-15-37-22)24(27(25)31)28(32)34-6-2/h8,10-15,19,23-24,30H,5-7,9,16H2,1-4H3/t19-,23-,24-/m1/s1. The summed E-state index contributed by atoms with van der Waals surface area (Å²) < 4.78 is 10.9. The number of hydrogen-bond acceptors (Lipinski definition) is 8. The number of thioether (sulfide) groups is 1. The van der Waals surface area contributed by atoms with Gasteiger partial charge in [0, 0.05) is 38.6 Å². The summed E-state index contributed by atoms with van der Waals surface area (Å²) in [6.45, 7) is 5.99. The molecule has 6 nitrogen and oxygen atoms in total. The number of rotatable bonds is 9. The number of ketones is 1. The third-order valence-corrected chi connectivity index (χ3v) is 8.55. The first-order valence-corrected chi connectivity index (χ1v) is 14.8. The first kappa shape index (κ1) is 27.2. The van der Waals surface area contributed by atoms with E-state index >= 15 is 0 Å². The van der Waals surface area contributed by atoms with Crippen LogP contribution in [0.4, 0.5) is 0 Å². The van der Waals surface area contributed by atoms with Crippen molar-refractivity contribution in [3.63, 3.8) is 0 Å². The van der Waals surface area contributed by atoms with Crippen LogP contribution in [0.5, 0.6) is 0 Å². The maximum absolute atomic E-state index is 14.3. The molecule has 0 fully saturated rings. The van der Waals surface area contributed by atoms with Crippen molar-refractivity contribution < 1.29 is 23.9 Å². The molecular weight excluding hydrogens is 506 g/mol. The zero-order chi connectivity index (χ0) is 26.5. The SMILES string of the molecule is CCCC1=C(C(=O)OCC)[C@H](c2ccc(SC)cc2)C2=C(C[C@H](c3cccs3)[C@@H](C(=O)OCC)C2=O)N1. The fourth-order valence-corrected chi connectivity index (χ4v) is 6.52. The summed E-state index contributed by atoms with van der Waals surface area (Å²) in [6.07, 6.45) is 3.94. The molecular formula is C29H33NO5S2. The molecule has 0 saturated carbocycles. The van der Waals surface area contributed by atoms with E-state index in [1.54, 1.807) is 25.6 Å². The number of Topliss-reactive ketones (excluding diaryl/α,β-unsaturated/α-hetero) is 1. The van der Waals surface area contributed by atoms with Crippen molar-refractivity contribution in [2.24, 2.45) is 5.92 Å². The summed E-state index contributed by atoms with van der Waals surface area (Å²) in [7, 11) is 0. The van der Waals surface area contributed by atoms with Crippen LogP contribution in [0.25, 0.3) is 0 Å². The number of esters is 2. The average Bonchev–Trinajstić information content (AvgIpc) is 3.43. The summed E-state index contributed by atoms with van der Waals surface area (Å²) in [5.74, 6) is -3.17. The highest BCUT2D eigenvalue weighted by Gasteiger charge is 2.49. The highest BCUT2D eigenvalue weighted by Crippen LogP contribution is 2.49. The highest BCUT2D eigenvalue weighted by atomic mass is 32.2. The van der Waals surface area contributed by atoms with Gasteiger partial charge in [-0.25, -0.2) is 4.79 Å². The van der Waals surface area contributed by atoms with Crippen molar-refractivity contribution >= 4 is 40.8 Å². The molecule has 0 bridgehead atoms. The molecule has 8 heteroatoms. The first-order chi connectivity index (χ1) is 17.9. The Morgan fingerprint density at radius 3 is 2.41 bits per heavy atom. The van der Waals surface area contributed by atoms with E-state index in [4.69, 9.17) is 9.47 Å². The van der Waals surface area contributed by atoms with E-state index in [0.29, 0.717) is 24.0 Å². The molecule has 2 aliphatic rings. The molecule has 2 heterocycles. The van der Waals surface area contributed by atoms with Gasteiger partial charge in [-0.3, -0.25) is 9.59 Å². The lowest BCUT2D eigenvalue weighted by molar-refractivity contribution is -0.152. The van der Waals surface area contributed by atoms with E-state index in [2.05, 4.69) is 12.2 Å². The Labute approximate surface area is 226 Å². The van der Waals surface area contributed by atoms with Crippen molar-refractivity contribution in [3.8, 4) is 0 Å². The van der Waals surface area contributed by atoms with E-state index in [-0.39, 0.29) is 24.9 Å². The highest BCUT2D eigenvalue weighted by molar-refractivity contribution is 7.98. The third kappa shape index (κ3) is 5.41. The quantitative estimate of drug-likeness (QED) is 0.239. The second kappa shape index (κ2) is 12.1. The van der Waals surface area contributed by atoms with Crippen LogP contribution in [-0.2, 0) is 23.9 Å². The van der Waals surface area contributed by atoms with Crippen LogP contribution in [0.15, 0.2) is 69.2 Å². The predicted molar refractivity (Wildman–Crippen MR) is 146 cm³/mol. The zero-order valence-corrected chi connectivity index (χ0v) is 23.3. The monoisotopic (exact) mass is 539 g/mol. The molecule has 0 spiro atoms. The van der Waals surface area contributed by atoms with Gasteiger partial charge < -0.3 is 14.8 Å². The molecule has 1 N–H and O–H groups in total. The molecule has 1 aromatic carbocycles. The van der Waals surface area contributed by atoms with Gasteiger partial charge in [0.2, 0.25) is 0 Å². The molecule has 2 aromatic rings. The van der Waals surface area contributed by atoms with Crippen LogP contribution >= 0.6 is 23.1 Å². The number of nitrogens with one attached hydrogen (secondary N) is 1. The Bertz CT molecular complexity index is 1210. The zero-order valence-electron chi connectivity index (χ0n) is 21.7. The van der Waals surface area contributed by atoms with Crippen molar-refractivity contribution in [2.75, 3.05) is 19.5 Å². The fraction of sp³-hybridized carbons (Fsp3) is 0.414. The molecule has 4 rings (SSSR count). The van der Waals surface area contributed by atoms with Gasteiger partial charge in [0.25, 0.3) is 0 Å². The van der Waals surface area contributed by atoms with E-state index in [9.17, 15) is 14.4 Å². The van der Waals surface area contributed by atoms with Crippen LogP contribution in [0, 0.1) is 5.92 Å². The molecule has 0 unspecified atom stereocenters. The van der Waals surface area contributed by atoms with E-state index < -0.39 is 23.8 Å². The van der Waals surface area contributed by atoms with Gasteiger partial charge >= 0.3 is 11.9 Å². The molecule has 3 atom stereocenters. The summed E-state index contributed by atoms with van der Waals surface area (Å²) in [5.41, 5.74) is 3.30. The summed E-state index contributed by atoms with van der Waals surface area (Å²) in [6, 6.07) is 11.8. The van der Waals surface area contributed by atoms with E-state index in [0.717, 1.165) is 33.2 Å². The molecule has 1 aromatic heterocycles. The lowest BCUT2D eigenvalue weighted by atomic mass is 9.68. The molecule has 196 valence electrons. The number of dihydropyridines is 1. The van der Waals surface area contributed by atoms with Gasteiger partial charge in [-0.15, -0.1) is 23.1 Å². The van der Waals surface area contributed by atoms with E-state index in [1.165, 1.54) is 11.3 Å². The summed E-state index contributed by atoms with van der Waals surface area (Å²) in [5, 5.41) is 5.42. The van der Waals surface area contributed by atoms with Gasteiger partial charge in [0.15, 0.2) is 5.78 Å². The van der Waals surface area contributed by atoms with Crippen molar-refractivity contribution in [1.82, 2.24) is 5.32 Å². The maximum Gasteiger partial charge on any atom is 0.336 e. The molecule has 37 heavy (non-hydrogen) atoms. The Morgan fingerprint density at radius 1 is 1.08 bits per heavy atom. The third-order valence-electron chi connectivity index (χ3n) is 6.80. The summed E-state index contributed by atoms with van der Waals surface area (Å²) >= 11 is 3.16. The smallest absolute Gasteiger partial charge is 0.336 e. The summed E-state index contributed by atoms with van der Waals surface area (Å²) in [4.78, 5) is 43.0. The number of ether oxygens (including phenoxy) is 2. The van der Waals surface area contributed by atoms with Crippen LogP contribution in [-0.4, -0.2) is 37.2 Å². The number of carbonyl (C=O) groups is 3. The largest absolute Gasteiger partial charge is 0.465 e. The number of thiophene rings is 1. The Hall–Kier alpha value is -2.84. The van der Waals surface area contributed by atoms with Crippen molar-refractivity contribution in [2.45, 2.75) is 56.8 Å². The molecule has 1 aliphatic carbocycles. The number of allylic oxidation sites excluding steroid dienone is 3. The molecule has 0 saturated heterocycles. The number of hydrogen-bond donors (Lipinski definition) is 1. The first-order valence-electron chi connectivity index (χ1n) is 12.7. The molecule has 0 radical (unpaired) electrons. The van der Waals surface area contributed by atoms with Crippen LogP contribution < -0.4 is 5.32 Å². The lowest BCUT2D eigenvalue weighted by Gasteiger charge is -2.39. The number of benzene rings is 1. The predicted octanol–water partition coefficient (Wildman–Crippen LogP) is 5.96. The van der Waals surface area contributed by atoms with Gasteiger partial charge in [0.05, 0.1) is 18.8 Å². The van der Waals surface area contributed by atoms with Crippen molar-refractivity contribution in [1.29, 1.82) is 0 Å². The number of carbonyl (C=O) groups excluding carboxylic acids is 3. The normalized spacial score (nSPS) is 21.4. The Morgan fingerprint density at radius 2 is 1.81 bits per heavy atom. The van der Waals surface area contributed by atoms with Crippen LogP contribution in [0.3, 0.4) is 0 Å². The lowest BCUT2D eigenvalue weighted by Crippen LogP contribution is -2.43. The van der Waals surface area contributed by atoms with Gasteiger partial charge in [0.1, 0.15) is 5.92 Å². The van der Waals surface area contributed by atoms with Crippen LogP contribution in [0.1, 0.15) is 62.3 Å². The van der Waals surface area contributed by atoms with E-state index in [1.807, 2.05) is 48.0 Å². The van der Waals surface area contributed by atoms with Crippen molar-refractivity contribution in [3.05, 3.63) is 74.8 Å². The Kier molecular flexibility index (Phi) is 8.92. The maximum atomic E-state index is 14.3. The molecule has 0 amide bonds. The van der Waals surface area contributed by atoms with Gasteiger partial charge in [-0.05, 0) is 62.1 Å². The second-order valence-corrected chi connectivity index (χ2v) is 10.9. The van der Waals surface area contributed by atoms with Gasteiger partial charge in [-0.2, -0.15) is 0 Å². The molecule has 1 aliphatic heterocycles. The van der Waals surface area contributed by atoms with Crippen LogP contribution in [0.2, 0.25) is 0 Å². The Balaban J connectivity index is 1.91. The minimum Gasteiger partial charge on any atom is -0.465 e.